The number of nitrogens with one attached hydrogen (secondary N) is 1. The number of amides is 5. The Bertz CT molecular complexity index is 732. The van der Waals surface area contributed by atoms with Crippen LogP contribution in [0.15, 0.2) is 24.3 Å². The first-order chi connectivity index (χ1) is 11.7. The molecule has 0 bridgehead atoms. The second-order valence-corrected chi connectivity index (χ2v) is 7.72. The van der Waals surface area contributed by atoms with Crippen LogP contribution in [0.1, 0.15) is 50.4 Å². The standard InChI is InChI=1S/C18H21IN2O4/c1-4-18(10-9-11(2)3)15(23)20-17(25)21(16(18)24)14(22)12-7-5-6-8-13(12)19/h5-8,11H,4,9-10H2,1-3H3,(H,20,23,25)/t18-/m0/s1. The molecule has 1 aromatic carbocycles. The summed E-state index contributed by atoms with van der Waals surface area (Å²) in [6, 6.07) is 5.73. The van der Waals surface area contributed by atoms with Gasteiger partial charge in [-0.25, -0.2) is 4.79 Å². The molecule has 2 rings (SSSR count). The van der Waals surface area contributed by atoms with Gasteiger partial charge in [0.1, 0.15) is 5.41 Å². The molecule has 0 spiro atoms. The summed E-state index contributed by atoms with van der Waals surface area (Å²) < 4.78 is 0.631. The van der Waals surface area contributed by atoms with Crippen LogP contribution in [0.4, 0.5) is 4.79 Å². The molecular formula is C18H21IN2O4. The molecule has 1 aliphatic heterocycles. The Kier molecular flexibility index (Phi) is 5.97. The highest BCUT2D eigenvalue weighted by atomic mass is 127. The summed E-state index contributed by atoms with van der Waals surface area (Å²) in [5, 5.41) is 2.20. The number of benzene rings is 1. The van der Waals surface area contributed by atoms with E-state index in [9.17, 15) is 19.2 Å². The van der Waals surface area contributed by atoms with Gasteiger partial charge in [0.2, 0.25) is 5.91 Å². The Morgan fingerprint density at radius 2 is 1.88 bits per heavy atom. The van der Waals surface area contributed by atoms with Crippen molar-refractivity contribution in [3.63, 3.8) is 0 Å². The van der Waals surface area contributed by atoms with Crippen LogP contribution in [-0.2, 0) is 9.59 Å². The lowest BCUT2D eigenvalue weighted by molar-refractivity contribution is -0.150. The van der Waals surface area contributed by atoms with Crippen molar-refractivity contribution in [1.29, 1.82) is 0 Å². The number of carbonyl (C=O) groups excluding carboxylic acids is 4. The van der Waals surface area contributed by atoms with Crippen molar-refractivity contribution in [2.24, 2.45) is 11.3 Å². The van der Waals surface area contributed by atoms with Crippen molar-refractivity contribution in [1.82, 2.24) is 10.2 Å². The van der Waals surface area contributed by atoms with E-state index in [0.29, 0.717) is 27.2 Å². The minimum Gasteiger partial charge on any atom is -0.276 e. The number of nitrogens with zero attached hydrogens (tertiary/aromatic N) is 1. The van der Waals surface area contributed by atoms with E-state index in [1.165, 1.54) is 0 Å². The number of hydrogen-bond acceptors (Lipinski definition) is 4. The van der Waals surface area contributed by atoms with Crippen LogP contribution in [0.5, 0.6) is 0 Å². The third-order valence-corrected chi connectivity index (χ3v) is 5.47. The minimum atomic E-state index is -1.38. The van der Waals surface area contributed by atoms with Crippen LogP contribution in [0.25, 0.3) is 0 Å². The predicted octanol–water partition coefficient (Wildman–Crippen LogP) is 3.34. The predicted molar refractivity (Wildman–Crippen MR) is 101 cm³/mol. The van der Waals surface area contributed by atoms with Crippen LogP contribution in [0.3, 0.4) is 0 Å². The molecular weight excluding hydrogens is 435 g/mol. The first-order valence-corrected chi connectivity index (χ1v) is 9.31. The molecule has 0 saturated carbocycles. The number of barbiturate groups is 1. The molecule has 1 heterocycles. The molecule has 25 heavy (non-hydrogen) atoms. The molecule has 0 unspecified atom stereocenters. The summed E-state index contributed by atoms with van der Waals surface area (Å²) >= 11 is 1.98. The number of carbonyl (C=O) groups is 4. The van der Waals surface area contributed by atoms with Gasteiger partial charge < -0.3 is 0 Å². The molecule has 6 nitrogen and oxygen atoms in total. The van der Waals surface area contributed by atoms with Gasteiger partial charge in [-0.3, -0.25) is 19.7 Å². The lowest BCUT2D eigenvalue weighted by Crippen LogP contribution is -2.65. The summed E-state index contributed by atoms with van der Waals surface area (Å²) in [6.45, 7) is 5.71. The average molecular weight is 456 g/mol. The van der Waals surface area contributed by atoms with Crippen LogP contribution >= 0.6 is 22.6 Å². The fourth-order valence-corrected chi connectivity index (χ4v) is 3.48. The van der Waals surface area contributed by atoms with Crippen LogP contribution in [0.2, 0.25) is 0 Å². The third-order valence-electron chi connectivity index (χ3n) is 4.53. The van der Waals surface area contributed by atoms with E-state index in [0.717, 1.165) is 0 Å². The van der Waals surface area contributed by atoms with E-state index in [1.54, 1.807) is 31.2 Å². The Hall–Kier alpha value is -1.77. The van der Waals surface area contributed by atoms with E-state index in [-0.39, 0.29) is 12.0 Å². The Morgan fingerprint density at radius 1 is 1.24 bits per heavy atom. The van der Waals surface area contributed by atoms with E-state index < -0.39 is 29.2 Å². The summed E-state index contributed by atoms with van der Waals surface area (Å²) in [4.78, 5) is 51.2. The lowest BCUT2D eigenvalue weighted by atomic mass is 9.75. The molecule has 0 aromatic heterocycles. The first kappa shape index (κ1) is 19.6. The summed E-state index contributed by atoms with van der Waals surface area (Å²) in [5.74, 6) is -1.75. The second-order valence-electron chi connectivity index (χ2n) is 6.55. The lowest BCUT2D eigenvalue weighted by Gasteiger charge is -2.38. The summed E-state index contributed by atoms with van der Waals surface area (Å²) in [7, 11) is 0. The zero-order valence-corrected chi connectivity index (χ0v) is 16.6. The molecule has 134 valence electrons. The van der Waals surface area contributed by atoms with Crippen LogP contribution in [-0.4, -0.2) is 28.7 Å². The number of hydrogen-bond donors (Lipinski definition) is 1. The molecule has 7 heteroatoms. The van der Waals surface area contributed by atoms with Gasteiger partial charge in [-0.05, 0) is 59.9 Å². The normalized spacial score (nSPS) is 20.8. The smallest absolute Gasteiger partial charge is 0.276 e. The van der Waals surface area contributed by atoms with Gasteiger partial charge in [-0.1, -0.05) is 32.9 Å². The van der Waals surface area contributed by atoms with Gasteiger partial charge in [0.25, 0.3) is 11.8 Å². The van der Waals surface area contributed by atoms with Gasteiger partial charge in [0, 0.05) is 3.57 Å². The average Bonchev–Trinajstić information content (AvgIpc) is 2.55. The number of rotatable bonds is 5. The molecule has 1 N–H and O–H groups in total. The van der Waals surface area contributed by atoms with E-state index >= 15 is 0 Å². The highest BCUT2D eigenvalue weighted by molar-refractivity contribution is 14.1. The topological polar surface area (TPSA) is 83.6 Å². The molecule has 1 aliphatic rings. The SMILES string of the molecule is CC[C@]1(CCC(C)C)C(=O)NC(=O)N(C(=O)c2ccccc2I)C1=O. The van der Waals surface area contributed by atoms with Gasteiger partial charge in [0.05, 0.1) is 5.56 Å². The number of halogens is 1. The fraction of sp³-hybridized carbons (Fsp3) is 0.444. The van der Waals surface area contributed by atoms with Gasteiger partial charge in [-0.2, -0.15) is 4.90 Å². The Labute approximate surface area is 160 Å². The molecule has 0 aliphatic carbocycles. The highest BCUT2D eigenvalue weighted by Gasteiger charge is 2.54. The van der Waals surface area contributed by atoms with Gasteiger partial charge >= 0.3 is 6.03 Å². The summed E-state index contributed by atoms with van der Waals surface area (Å²) in [5.41, 5.74) is -1.12. The highest BCUT2D eigenvalue weighted by Crippen LogP contribution is 2.36. The van der Waals surface area contributed by atoms with E-state index in [1.807, 2.05) is 36.4 Å². The Morgan fingerprint density at radius 3 is 2.44 bits per heavy atom. The molecule has 1 atom stereocenters. The number of urea groups is 1. The van der Waals surface area contributed by atoms with E-state index in [4.69, 9.17) is 0 Å². The first-order valence-electron chi connectivity index (χ1n) is 8.23. The maximum Gasteiger partial charge on any atom is 0.338 e. The molecule has 1 aromatic rings. The molecule has 1 fully saturated rings. The zero-order chi connectivity index (χ0) is 18.8. The quantitative estimate of drug-likeness (QED) is 0.419. The maximum absolute atomic E-state index is 13.1. The monoisotopic (exact) mass is 456 g/mol. The second kappa shape index (κ2) is 7.63. The van der Waals surface area contributed by atoms with Crippen LogP contribution < -0.4 is 5.32 Å². The summed E-state index contributed by atoms with van der Waals surface area (Å²) in [6.07, 6.45) is 1.17. The van der Waals surface area contributed by atoms with Crippen molar-refractivity contribution >= 4 is 46.3 Å². The molecule has 0 radical (unpaired) electrons. The molecule has 5 amide bonds. The Balaban J connectivity index is 2.43. The zero-order valence-electron chi connectivity index (χ0n) is 14.5. The van der Waals surface area contributed by atoms with Crippen molar-refractivity contribution in [2.45, 2.75) is 40.0 Å². The maximum atomic E-state index is 13.1. The van der Waals surface area contributed by atoms with Crippen LogP contribution in [0, 0.1) is 14.9 Å². The third kappa shape index (κ3) is 3.61. The minimum absolute atomic E-state index is 0.229. The molecule has 1 saturated heterocycles. The van der Waals surface area contributed by atoms with E-state index in [2.05, 4.69) is 5.32 Å². The van der Waals surface area contributed by atoms with Gasteiger partial charge in [-0.15, -0.1) is 0 Å². The van der Waals surface area contributed by atoms with Crippen molar-refractivity contribution in [3.8, 4) is 0 Å². The van der Waals surface area contributed by atoms with Crippen molar-refractivity contribution in [3.05, 3.63) is 33.4 Å². The fourth-order valence-electron chi connectivity index (χ4n) is 2.86. The largest absolute Gasteiger partial charge is 0.338 e. The van der Waals surface area contributed by atoms with Crippen molar-refractivity contribution in [2.75, 3.05) is 0 Å². The van der Waals surface area contributed by atoms with Crippen molar-refractivity contribution < 1.29 is 19.2 Å². The van der Waals surface area contributed by atoms with Gasteiger partial charge in [0.15, 0.2) is 0 Å². The number of imide groups is 4.